The zero-order valence-corrected chi connectivity index (χ0v) is 12.1. The van der Waals surface area contributed by atoms with E-state index in [0.29, 0.717) is 6.04 Å². The van der Waals surface area contributed by atoms with Gasteiger partial charge < -0.3 is 4.90 Å². The fraction of sp³-hybridized carbons (Fsp3) is 0.647. The quantitative estimate of drug-likeness (QED) is 0.822. The molecule has 1 atom stereocenters. The normalized spacial score (nSPS) is 25.2. The van der Waals surface area contributed by atoms with Crippen molar-refractivity contribution in [1.82, 2.24) is 9.80 Å². The Bertz CT molecular complexity index is 409. The minimum atomic E-state index is 0.694. The van der Waals surface area contributed by atoms with Crippen LogP contribution in [0.4, 0.5) is 0 Å². The van der Waals surface area contributed by atoms with Crippen LogP contribution in [0.15, 0.2) is 24.3 Å². The molecule has 0 radical (unpaired) electrons. The number of benzene rings is 1. The summed E-state index contributed by atoms with van der Waals surface area (Å²) < 4.78 is 0. The molecule has 1 aromatic carbocycles. The van der Waals surface area contributed by atoms with E-state index in [1.54, 1.807) is 11.1 Å². The molecule has 0 spiro atoms. The molecular formula is C17H26N2. The zero-order chi connectivity index (χ0) is 13.1. The van der Waals surface area contributed by atoms with Crippen LogP contribution in [-0.2, 0) is 13.0 Å². The molecule has 2 nitrogen and oxygen atoms in total. The predicted molar refractivity (Wildman–Crippen MR) is 80.3 cm³/mol. The third-order valence-electron chi connectivity index (χ3n) is 4.78. The predicted octanol–water partition coefficient (Wildman–Crippen LogP) is 2.92. The Kier molecular flexibility index (Phi) is 4.19. The van der Waals surface area contributed by atoms with Crippen molar-refractivity contribution < 1.29 is 0 Å². The second-order valence-electron chi connectivity index (χ2n) is 6.19. The van der Waals surface area contributed by atoms with Crippen molar-refractivity contribution in [3.05, 3.63) is 35.4 Å². The first-order chi connectivity index (χ1) is 9.33. The summed E-state index contributed by atoms with van der Waals surface area (Å²) in [5.41, 5.74) is 3.10. The van der Waals surface area contributed by atoms with Gasteiger partial charge in [0.05, 0.1) is 0 Å². The lowest BCUT2D eigenvalue weighted by atomic mass is 9.95. The molecular weight excluding hydrogens is 232 g/mol. The van der Waals surface area contributed by atoms with Crippen molar-refractivity contribution in [3.63, 3.8) is 0 Å². The van der Waals surface area contributed by atoms with E-state index in [1.807, 2.05) is 0 Å². The monoisotopic (exact) mass is 258 g/mol. The van der Waals surface area contributed by atoms with E-state index in [4.69, 9.17) is 0 Å². The minimum absolute atomic E-state index is 0.694. The molecule has 2 aliphatic rings. The molecule has 0 aromatic heterocycles. The highest BCUT2D eigenvalue weighted by atomic mass is 15.2. The van der Waals surface area contributed by atoms with Gasteiger partial charge in [0.1, 0.15) is 0 Å². The summed E-state index contributed by atoms with van der Waals surface area (Å²) in [6.45, 7) is 8.65. The van der Waals surface area contributed by atoms with E-state index < -0.39 is 0 Å². The van der Waals surface area contributed by atoms with Gasteiger partial charge >= 0.3 is 0 Å². The van der Waals surface area contributed by atoms with Crippen LogP contribution in [0.25, 0.3) is 0 Å². The van der Waals surface area contributed by atoms with Gasteiger partial charge in [0.25, 0.3) is 0 Å². The topological polar surface area (TPSA) is 6.48 Å². The Morgan fingerprint density at radius 2 is 1.74 bits per heavy atom. The number of piperidine rings is 1. The lowest BCUT2D eigenvalue weighted by Gasteiger charge is -2.37. The van der Waals surface area contributed by atoms with Crippen molar-refractivity contribution in [2.24, 2.45) is 0 Å². The Morgan fingerprint density at radius 3 is 2.53 bits per heavy atom. The molecule has 0 N–H and O–H groups in total. The first kappa shape index (κ1) is 13.1. The number of hydrogen-bond donors (Lipinski definition) is 0. The molecule has 1 saturated heterocycles. The molecule has 2 heterocycles. The maximum atomic E-state index is 2.66. The second-order valence-corrected chi connectivity index (χ2v) is 6.19. The Morgan fingerprint density at radius 1 is 1.00 bits per heavy atom. The number of rotatable bonds is 3. The van der Waals surface area contributed by atoms with Gasteiger partial charge in [-0.2, -0.15) is 0 Å². The van der Waals surface area contributed by atoms with Crippen LogP contribution >= 0.6 is 0 Å². The Labute approximate surface area is 117 Å². The molecule has 0 bridgehead atoms. The average molecular weight is 258 g/mol. The summed E-state index contributed by atoms with van der Waals surface area (Å²) in [6.07, 6.45) is 5.46. The first-order valence-electron chi connectivity index (χ1n) is 7.86. The van der Waals surface area contributed by atoms with E-state index in [1.165, 1.54) is 51.9 Å². The molecule has 1 aromatic rings. The van der Waals surface area contributed by atoms with Crippen LogP contribution in [0, 0.1) is 0 Å². The summed E-state index contributed by atoms with van der Waals surface area (Å²) in [5, 5.41) is 0. The highest BCUT2D eigenvalue weighted by Crippen LogP contribution is 2.22. The minimum Gasteiger partial charge on any atom is -0.302 e. The van der Waals surface area contributed by atoms with E-state index in [9.17, 15) is 0 Å². The smallest absolute Gasteiger partial charge is 0.0239 e. The van der Waals surface area contributed by atoms with E-state index in [0.717, 1.165) is 6.54 Å². The van der Waals surface area contributed by atoms with Crippen molar-refractivity contribution in [1.29, 1.82) is 0 Å². The molecule has 0 amide bonds. The van der Waals surface area contributed by atoms with Gasteiger partial charge in [0, 0.05) is 25.7 Å². The maximum absolute atomic E-state index is 2.66. The lowest BCUT2D eigenvalue weighted by Crippen LogP contribution is -2.43. The Balaban J connectivity index is 1.56. The van der Waals surface area contributed by atoms with Gasteiger partial charge in [-0.1, -0.05) is 30.7 Å². The van der Waals surface area contributed by atoms with Gasteiger partial charge in [-0.25, -0.2) is 0 Å². The standard InChI is InChI=1S/C17H26N2/c1-15-13-16-7-3-4-8-17(16)14-19(15)12-11-18-9-5-2-6-10-18/h3-4,7-8,15H,2,5-6,9-14H2,1H3. The summed E-state index contributed by atoms with van der Waals surface area (Å²) in [5.74, 6) is 0. The molecule has 1 fully saturated rings. The molecule has 0 aliphatic carbocycles. The Hall–Kier alpha value is -0.860. The molecule has 104 valence electrons. The summed E-state index contributed by atoms with van der Waals surface area (Å²) in [6, 6.07) is 9.65. The first-order valence-corrected chi connectivity index (χ1v) is 7.86. The number of hydrogen-bond acceptors (Lipinski definition) is 2. The van der Waals surface area contributed by atoms with E-state index in [-0.39, 0.29) is 0 Å². The van der Waals surface area contributed by atoms with Crippen LogP contribution in [0.5, 0.6) is 0 Å². The average Bonchev–Trinajstić information content (AvgIpc) is 2.46. The van der Waals surface area contributed by atoms with Gasteiger partial charge in [-0.05, 0) is 50.4 Å². The SMILES string of the molecule is CC1Cc2ccccc2CN1CCN1CCCCC1. The second kappa shape index (κ2) is 6.06. The van der Waals surface area contributed by atoms with E-state index >= 15 is 0 Å². The summed E-state index contributed by atoms with van der Waals surface area (Å²) >= 11 is 0. The van der Waals surface area contributed by atoms with Crippen molar-refractivity contribution in [3.8, 4) is 0 Å². The van der Waals surface area contributed by atoms with E-state index in [2.05, 4.69) is 41.0 Å². The molecule has 0 saturated carbocycles. The van der Waals surface area contributed by atoms with Gasteiger partial charge in [-0.15, -0.1) is 0 Å². The summed E-state index contributed by atoms with van der Waals surface area (Å²) in [7, 11) is 0. The molecule has 19 heavy (non-hydrogen) atoms. The highest BCUT2D eigenvalue weighted by molar-refractivity contribution is 5.29. The maximum Gasteiger partial charge on any atom is 0.0239 e. The van der Waals surface area contributed by atoms with Crippen LogP contribution in [0.3, 0.4) is 0 Å². The van der Waals surface area contributed by atoms with Crippen LogP contribution in [-0.4, -0.2) is 42.0 Å². The highest BCUT2D eigenvalue weighted by Gasteiger charge is 2.22. The van der Waals surface area contributed by atoms with Crippen molar-refractivity contribution in [2.45, 2.75) is 45.2 Å². The fourth-order valence-corrected chi connectivity index (χ4v) is 3.49. The zero-order valence-electron chi connectivity index (χ0n) is 12.1. The lowest BCUT2D eigenvalue weighted by molar-refractivity contribution is 0.140. The molecule has 1 unspecified atom stereocenters. The largest absolute Gasteiger partial charge is 0.302 e. The number of fused-ring (bicyclic) bond motifs is 1. The third kappa shape index (κ3) is 3.18. The van der Waals surface area contributed by atoms with Gasteiger partial charge in [0.2, 0.25) is 0 Å². The van der Waals surface area contributed by atoms with Crippen molar-refractivity contribution >= 4 is 0 Å². The van der Waals surface area contributed by atoms with Crippen LogP contribution in [0.1, 0.15) is 37.3 Å². The van der Waals surface area contributed by atoms with Gasteiger partial charge in [0.15, 0.2) is 0 Å². The third-order valence-corrected chi connectivity index (χ3v) is 4.78. The molecule has 2 heteroatoms. The van der Waals surface area contributed by atoms with Crippen LogP contribution in [0.2, 0.25) is 0 Å². The summed E-state index contributed by atoms with van der Waals surface area (Å²) in [4.78, 5) is 5.31. The molecule has 2 aliphatic heterocycles. The number of nitrogens with zero attached hydrogens (tertiary/aromatic N) is 2. The fourth-order valence-electron chi connectivity index (χ4n) is 3.49. The van der Waals surface area contributed by atoms with Crippen molar-refractivity contribution in [2.75, 3.05) is 26.2 Å². The molecule has 3 rings (SSSR count). The van der Waals surface area contributed by atoms with Gasteiger partial charge in [-0.3, -0.25) is 4.90 Å². The number of likely N-dealkylation sites (tertiary alicyclic amines) is 1. The van der Waals surface area contributed by atoms with Crippen LogP contribution < -0.4 is 0 Å².